The average Bonchev–Trinajstić information content (AvgIpc) is 3.02. The summed E-state index contributed by atoms with van der Waals surface area (Å²) in [7, 11) is 0. The second kappa shape index (κ2) is 3.98. The molecule has 2 bridgehead atoms. The van der Waals surface area contributed by atoms with Crippen molar-refractivity contribution >= 4 is 11.9 Å². The number of hydrogen-bond acceptors (Lipinski definition) is 3. The summed E-state index contributed by atoms with van der Waals surface area (Å²) in [6.07, 6.45) is 3.28. The molecule has 1 N–H and O–H groups in total. The van der Waals surface area contributed by atoms with Crippen molar-refractivity contribution in [3.8, 4) is 0 Å². The van der Waals surface area contributed by atoms with Gasteiger partial charge in [0, 0.05) is 13.1 Å². The summed E-state index contributed by atoms with van der Waals surface area (Å²) in [5, 5.41) is 9.25. The van der Waals surface area contributed by atoms with E-state index >= 15 is 0 Å². The summed E-state index contributed by atoms with van der Waals surface area (Å²) in [6.45, 7) is 1.55. The van der Waals surface area contributed by atoms with Crippen LogP contribution in [0.25, 0.3) is 0 Å². The minimum Gasteiger partial charge on any atom is -0.481 e. The first-order valence-corrected chi connectivity index (χ1v) is 6.35. The lowest BCUT2D eigenvalue weighted by Gasteiger charge is -2.27. The van der Waals surface area contributed by atoms with Crippen LogP contribution in [0.4, 0.5) is 0 Å². The molecule has 3 aliphatic heterocycles. The fraction of sp³-hybridized carbons (Fsp3) is 0.833. The molecule has 0 aromatic rings. The zero-order valence-electron chi connectivity index (χ0n) is 9.67. The highest BCUT2D eigenvalue weighted by molar-refractivity contribution is 5.86. The number of aliphatic carboxylic acids is 1. The fourth-order valence-electron chi connectivity index (χ4n) is 3.45. The first-order valence-electron chi connectivity index (χ1n) is 6.35. The van der Waals surface area contributed by atoms with Gasteiger partial charge < -0.3 is 14.7 Å². The molecule has 3 fully saturated rings. The van der Waals surface area contributed by atoms with Crippen molar-refractivity contribution in [1.29, 1.82) is 0 Å². The quantitative estimate of drug-likeness (QED) is 0.761. The van der Waals surface area contributed by atoms with E-state index in [-0.39, 0.29) is 18.1 Å². The number of carbonyl (C=O) groups is 2. The van der Waals surface area contributed by atoms with Gasteiger partial charge >= 0.3 is 5.97 Å². The molecule has 0 saturated carbocycles. The van der Waals surface area contributed by atoms with Crippen LogP contribution in [0.3, 0.4) is 0 Å². The van der Waals surface area contributed by atoms with Crippen LogP contribution in [0, 0.1) is 11.8 Å². The van der Waals surface area contributed by atoms with E-state index in [4.69, 9.17) is 4.74 Å². The molecule has 1 amide bonds. The van der Waals surface area contributed by atoms with Gasteiger partial charge in [-0.1, -0.05) is 0 Å². The monoisotopic (exact) mass is 239 g/mol. The van der Waals surface area contributed by atoms with Gasteiger partial charge in [0.15, 0.2) is 0 Å². The van der Waals surface area contributed by atoms with Gasteiger partial charge in [-0.15, -0.1) is 0 Å². The van der Waals surface area contributed by atoms with Crippen LogP contribution in [0.1, 0.15) is 25.7 Å². The molecule has 3 heterocycles. The minimum absolute atomic E-state index is 0.00194. The number of amides is 1. The SMILES string of the molecule is O=C(O)[C@@H]1[C@H](C(=O)N2CCCC2)[C@H]2CC[C@@H]1O2. The van der Waals surface area contributed by atoms with E-state index in [2.05, 4.69) is 0 Å². The summed E-state index contributed by atoms with van der Waals surface area (Å²) in [6, 6.07) is 0. The number of likely N-dealkylation sites (tertiary alicyclic amines) is 1. The van der Waals surface area contributed by atoms with Crippen LogP contribution in [-0.4, -0.2) is 47.2 Å². The lowest BCUT2D eigenvalue weighted by atomic mass is 9.78. The first kappa shape index (κ1) is 11.0. The molecule has 0 unspecified atom stereocenters. The molecule has 0 aromatic heterocycles. The zero-order chi connectivity index (χ0) is 12.0. The Balaban J connectivity index is 1.80. The zero-order valence-corrected chi connectivity index (χ0v) is 9.67. The molecule has 3 aliphatic rings. The van der Waals surface area contributed by atoms with Gasteiger partial charge in [0.25, 0.3) is 0 Å². The Morgan fingerprint density at radius 2 is 1.65 bits per heavy atom. The van der Waals surface area contributed by atoms with E-state index in [1.807, 2.05) is 4.90 Å². The van der Waals surface area contributed by atoms with Gasteiger partial charge in [0.2, 0.25) is 5.91 Å². The number of rotatable bonds is 2. The van der Waals surface area contributed by atoms with E-state index in [9.17, 15) is 14.7 Å². The molecule has 94 valence electrons. The van der Waals surface area contributed by atoms with E-state index in [1.165, 1.54) is 0 Å². The maximum Gasteiger partial charge on any atom is 0.310 e. The van der Waals surface area contributed by atoms with E-state index < -0.39 is 17.8 Å². The Kier molecular flexibility index (Phi) is 2.58. The van der Waals surface area contributed by atoms with Gasteiger partial charge in [0.05, 0.1) is 24.0 Å². The molecule has 0 aromatic carbocycles. The van der Waals surface area contributed by atoms with Gasteiger partial charge in [-0.2, -0.15) is 0 Å². The van der Waals surface area contributed by atoms with E-state index in [0.29, 0.717) is 0 Å². The molecule has 17 heavy (non-hydrogen) atoms. The van der Waals surface area contributed by atoms with Crippen molar-refractivity contribution in [2.75, 3.05) is 13.1 Å². The Bertz CT molecular complexity index is 350. The maximum absolute atomic E-state index is 12.3. The summed E-state index contributed by atoms with van der Waals surface area (Å²) in [5.74, 6) is -1.94. The summed E-state index contributed by atoms with van der Waals surface area (Å²) in [5.41, 5.74) is 0. The molecule has 5 heteroatoms. The molecule has 4 atom stereocenters. The lowest BCUT2D eigenvalue weighted by Crippen LogP contribution is -2.44. The number of fused-ring (bicyclic) bond motifs is 2. The largest absolute Gasteiger partial charge is 0.481 e. The van der Waals surface area contributed by atoms with Gasteiger partial charge in [0.1, 0.15) is 0 Å². The molecule has 0 spiro atoms. The van der Waals surface area contributed by atoms with Crippen LogP contribution in [-0.2, 0) is 14.3 Å². The summed E-state index contributed by atoms with van der Waals surface area (Å²) >= 11 is 0. The molecule has 3 rings (SSSR count). The van der Waals surface area contributed by atoms with E-state index in [0.717, 1.165) is 38.8 Å². The molecule has 5 nitrogen and oxygen atoms in total. The fourth-order valence-corrected chi connectivity index (χ4v) is 3.45. The Morgan fingerprint density at radius 1 is 1.06 bits per heavy atom. The molecular formula is C12H17NO4. The number of carboxylic acids is 1. The van der Waals surface area contributed by atoms with Crippen molar-refractivity contribution in [3.05, 3.63) is 0 Å². The third-order valence-corrected chi connectivity index (χ3v) is 4.26. The van der Waals surface area contributed by atoms with Crippen LogP contribution in [0.15, 0.2) is 0 Å². The van der Waals surface area contributed by atoms with Crippen molar-refractivity contribution in [3.63, 3.8) is 0 Å². The molecule has 0 radical (unpaired) electrons. The highest BCUT2D eigenvalue weighted by Gasteiger charge is 2.56. The van der Waals surface area contributed by atoms with Gasteiger partial charge in [-0.05, 0) is 25.7 Å². The Morgan fingerprint density at radius 3 is 2.24 bits per heavy atom. The normalized spacial score (nSPS) is 39.9. The van der Waals surface area contributed by atoms with Gasteiger partial charge in [-0.3, -0.25) is 9.59 Å². The van der Waals surface area contributed by atoms with Crippen LogP contribution < -0.4 is 0 Å². The van der Waals surface area contributed by atoms with Gasteiger partial charge in [-0.25, -0.2) is 0 Å². The van der Waals surface area contributed by atoms with Crippen molar-refractivity contribution in [1.82, 2.24) is 4.90 Å². The van der Waals surface area contributed by atoms with Crippen molar-refractivity contribution in [2.45, 2.75) is 37.9 Å². The number of nitrogens with zero attached hydrogens (tertiary/aromatic N) is 1. The topological polar surface area (TPSA) is 66.8 Å². The standard InChI is InChI=1S/C12H17NO4/c14-11(13-5-1-2-6-13)9-7-3-4-8(17-7)10(9)12(15)16/h7-10H,1-6H2,(H,15,16)/t7-,8+,9-,10+/m1/s1. The predicted octanol–water partition coefficient (Wildman–Crippen LogP) is 0.487. The van der Waals surface area contributed by atoms with Crippen molar-refractivity contribution < 1.29 is 19.4 Å². The molecular weight excluding hydrogens is 222 g/mol. The highest BCUT2D eigenvalue weighted by Crippen LogP contribution is 2.44. The second-order valence-corrected chi connectivity index (χ2v) is 5.21. The first-order chi connectivity index (χ1) is 8.18. The average molecular weight is 239 g/mol. The number of carboxylic acid groups (broad SMARTS) is 1. The number of ether oxygens (including phenoxy) is 1. The highest BCUT2D eigenvalue weighted by atomic mass is 16.5. The smallest absolute Gasteiger partial charge is 0.310 e. The third kappa shape index (κ3) is 1.64. The van der Waals surface area contributed by atoms with Crippen LogP contribution in [0.2, 0.25) is 0 Å². The van der Waals surface area contributed by atoms with E-state index in [1.54, 1.807) is 0 Å². The van der Waals surface area contributed by atoms with Crippen molar-refractivity contribution in [2.24, 2.45) is 11.8 Å². The third-order valence-electron chi connectivity index (χ3n) is 4.26. The Labute approximate surface area is 99.7 Å². The maximum atomic E-state index is 12.3. The lowest BCUT2D eigenvalue weighted by molar-refractivity contribution is -0.150. The minimum atomic E-state index is -0.880. The van der Waals surface area contributed by atoms with Crippen LogP contribution >= 0.6 is 0 Å². The van der Waals surface area contributed by atoms with Crippen LogP contribution in [0.5, 0.6) is 0 Å². The predicted molar refractivity (Wildman–Crippen MR) is 58.3 cm³/mol. The summed E-state index contributed by atoms with van der Waals surface area (Å²) < 4.78 is 5.61. The Hall–Kier alpha value is -1.10. The molecule has 3 saturated heterocycles. The second-order valence-electron chi connectivity index (χ2n) is 5.21. The number of carbonyl (C=O) groups excluding carboxylic acids is 1. The molecule has 0 aliphatic carbocycles. The number of hydrogen-bond donors (Lipinski definition) is 1. The summed E-state index contributed by atoms with van der Waals surface area (Å²) in [4.78, 5) is 25.4.